The Morgan fingerprint density at radius 2 is 2.18 bits per heavy atom. The summed E-state index contributed by atoms with van der Waals surface area (Å²) in [6.07, 6.45) is 3.73. The molecule has 0 spiro atoms. The van der Waals surface area contributed by atoms with Crippen LogP contribution in [0.3, 0.4) is 0 Å². The van der Waals surface area contributed by atoms with E-state index in [0.717, 1.165) is 17.8 Å². The second-order valence-electron chi connectivity index (χ2n) is 4.05. The lowest BCUT2D eigenvalue weighted by Gasteiger charge is -2.16. The zero-order chi connectivity index (χ0) is 12.7. The van der Waals surface area contributed by atoms with Crippen LogP contribution in [0.2, 0.25) is 0 Å². The van der Waals surface area contributed by atoms with Gasteiger partial charge in [-0.25, -0.2) is 4.98 Å². The van der Waals surface area contributed by atoms with Gasteiger partial charge >= 0.3 is 0 Å². The SMILES string of the molecule is CCC(CC)NC(=O)CNC(C)c1nccs1. The Kier molecular flexibility index (Phi) is 6.15. The second kappa shape index (κ2) is 7.40. The zero-order valence-electron chi connectivity index (χ0n) is 10.7. The number of rotatable bonds is 7. The maximum absolute atomic E-state index is 11.7. The van der Waals surface area contributed by atoms with Crippen LogP contribution in [0.4, 0.5) is 0 Å². The highest BCUT2D eigenvalue weighted by Gasteiger charge is 2.11. The van der Waals surface area contributed by atoms with E-state index in [9.17, 15) is 4.79 Å². The lowest BCUT2D eigenvalue weighted by atomic mass is 10.2. The zero-order valence-corrected chi connectivity index (χ0v) is 11.5. The smallest absolute Gasteiger partial charge is 0.234 e. The average molecular weight is 255 g/mol. The number of nitrogens with one attached hydrogen (secondary N) is 2. The first kappa shape index (κ1) is 14.1. The first-order valence-electron chi connectivity index (χ1n) is 6.09. The first-order chi connectivity index (χ1) is 8.17. The number of hydrogen-bond donors (Lipinski definition) is 2. The average Bonchev–Trinajstić information content (AvgIpc) is 2.86. The fourth-order valence-electron chi connectivity index (χ4n) is 1.55. The number of aromatic nitrogens is 1. The normalized spacial score (nSPS) is 12.7. The van der Waals surface area contributed by atoms with Gasteiger partial charge in [-0.1, -0.05) is 13.8 Å². The lowest BCUT2D eigenvalue weighted by Crippen LogP contribution is -2.40. The molecule has 1 heterocycles. The molecule has 1 aromatic rings. The van der Waals surface area contributed by atoms with Crippen LogP contribution in [-0.4, -0.2) is 23.5 Å². The Morgan fingerprint density at radius 3 is 2.71 bits per heavy atom. The highest BCUT2D eigenvalue weighted by Crippen LogP contribution is 2.13. The van der Waals surface area contributed by atoms with Crippen LogP contribution in [0.5, 0.6) is 0 Å². The molecule has 96 valence electrons. The van der Waals surface area contributed by atoms with E-state index >= 15 is 0 Å². The molecule has 0 aliphatic carbocycles. The molecule has 1 amide bonds. The van der Waals surface area contributed by atoms with Crippen LogP contribution in [-0.2, 0) is 4.79 Å². The van der Waals surface area contributed by atoms with Gasteiger partial charge in [-0.05, 0) is 19.8 Å². The molecule has 0 saturated carbocycles. The predicted octanol–water partition coefficient (Wildman–Crippen LogP) is 2.10. The van der Waals surface area contributed by atoms with Crippen LogP contribution >= 0.6 is 11.3 Å². The van der Waals surface area contributed by atoms with Crippen molar-refractivity contribution in [1.29, 1.82) is 0 Å². The minimum Gasteiger partial charge on any atom is -0.352 e. The highest BCUT2D eigenvalue weighted by molar-refractivity contribution is 7.09. The van der Waals surface area contributed by atoms with Crippen molar-refractivity contribution in [2.24, 2.45) is 0 Å². The monoisotopic (exact) mass is 255 g/mol. The van der Waals surface area contributed by atoms with E-state index in [1.807, 2.05) is 12.3 Å². The largest absolute Gasteiger partial charge is 0.352 e. The van der Waals surface area contributed by atoms with Crippen LogP contribution in [0.25, 0.3) is 0 Å². The molecule has 17 heavy (non-hydrogen) atoms. The third kappa shape index (κ3) is 4.83. The van der Waals surface area contributed by atoms with Gasteiger partial charge in [0.05, 0.1) is 12.6 Å². The van der Waals surface area contributed by atoms with Crippen LogP contribution in [0, 0.1) is 0 Å². The summed E-state index contributed by atoms with van der Waals surface area (Å²) in [7, 11) is 0. The molecule has 0 aromatic carbocycles. The van der Waals surface area contributed by atoms with Gasteiger partial charge in [0.2, 0.25) is 5.91 Å². The molecule has 1 rings (SSSR count). The topological polar surface area (TPSA) is 54.0 Å². The Labute approximate surface area is 107 Å². The van der Waals surface area contributed by atoms with Gasteiger partial charge in [0, 0.05) is 17.6 Å². The first-order valence-corrected chi connectivity index (χ1v) is 6.97. The molecule has 1 aromatic heterocycles. The minimum atomic E-state index is 0.0575. The lowest BCUT2D eigenvalue weighted by molar-refractivity contribution is -0.121. The fraction of sp³-hybridized carbons (Fsp3) is 0.667. The van der Waals surface area contributed by atoms with E-state index in [1.54, 1.807) is 17.5 Å². The van der Waals surface area contributed by atoms with Crippen molar-refractivity contribution in [3.8, 4) is 0 Å². The molecule has 0 fully saturated rings. The van der Waals surface area contributed by atoms with Crippen LogP contribution < -0.4 is 10.6 Å². The van der Waals surface area contributed by atoms with E-state index in [-0.39, 0.29) is 11.9 Å². The Balaban J connectivity index is 2.28. The molecule has 1 unspecified atom stereocenters. The third-order valence-electron chi connectivity index (χ3n) is 2.74. The van der Waals surface area contributed by atoms with Crippen molar-refractivity contribution in [3.63, 3.8) is 0 Å². The standard InChI is InChI=1S/C12H21N3OS/c1-4-10(5-2)15-11(16)8-14-9(3)12-13-6-7-17-12/h6-7,9-10,14H,4-5,8H2,1-3H3,(H,15,16). The molecule has 0 aliphatic rings. The van der Waals surface area contributed by atoms with E-state index in [0.29, 0.717) is 12.6 Å². The van der Waals surface area contributed by atoms with Gasteiger partial charge in [0.1, 0.15) is 5.01 Å². The summed E-state index contributed by atoms with van der Waals surface area (Å²) in [4.78, 5) is 15.9. The van der Waals surface area contributed by atoms with Crippen molar-refractivity contribution in [2.45, 2.75) is 45.7 Å². The molecular formula is C12H21N3OS. The summed E-state index contributed by atoms with van der Waals surface area (Å²) in [5.74, 6) is 0.0575. The molecule has 2 N–H and O–H groups in total. The second-order valence-corrected chi connectivity index (χ2v) is 4.98. The molecule has 4 nitrogen and oxygen atoms in total. The van der Waals surface area contributed by atoms with Gasteiger partial charge in [-0.3, -0.25) is 10.1 Å². The summed E-state index contributed by atoms with van der Waals surface area (Å²) in [5.41, 5.74) is 0. The van der Waals surface area contributed by atoms with Crippen molar-refractivity contribution < 1.29 is 4.79 Å². The van der Waals surface area contributed by atoms with Crippen molar-refractivity contribution in [3.05, 3.63) is 16.6 Å². The van der Waals surface area contributed by atoms with E-state index in [4.69, 9.17) is 0 Å². The van der Waals surface area contributed by atoms with Gasteiger partial charge in [0.25, 0.3) is 0 Å². The summed E-state index contributed by atoms with van der Waals surface area (Å²) >= 11 is 1.60. The quantitative estimate of drug-likeness (QED) is 0.784. The third-order valence-corrected chi connectivity index (χ3v) is 3.70. The maximum atomic E-state index is 11.7. The van der Waals surface area contributed by atoms with Gasteiger partial charge in [0.15, 0.2) is 0 Å². The Morgan fingerprint density at radius 1 is 1.47 bits per heavy atom. The summed E-state index contributed by atoms with van der Waals surface area (Å²) in [6, 6.07) is 0.418. The van der Waals surface area contributed by atoms with Crippen molar-refractivity contribution in [1.82, 2.24) is 15.6 Å². The number of carbonyl (C=O) groups excluding carboxylic acids is 1. The predicted molar refractivity (Wildman–Crippen MR) is 71.0 cm³/mol. The van der Waals surface area contributed by atoms with Gasteiger partial charge in [-0.15, -0.1) is 11.3 Å². The van der Waals surface area contributed by atoms with E-state index in [2.05, 4.69) is 29.5 Å². The molecule has 0 bridgehead atoms. The number of thiazole rings is 1. The number of nitrogens with zero attached hydrogens (tertiary/aromatic N) is 1. The maximum Gasteiger partial charge on any atom is 0.234 e. The molecule has 1 atom stereocenters. The molecular weight excluding hydrogens is 234 g/mol. The van der Waals surface area contributed by atoms with Crippen molar-refractivity contribution in [2.75, 3.05) is 6.54 Å². The molecule has 0 radical (unpaired) electrons. The van der Waals surface area contributed by atoms with Gasteiger partial charge < -0.3 is 5.32 Å². The fourth-order valence-corrected chi connectivity index (χ4v) is 2.22. The highest BCUT2D eigenvalue weighted by atomic mass is 32.1. The number of amides is 1. The van der Waals surface area contributed by atoms with Gasteiger partial charge in [-0.2, -0.15) is 0 Å². The van der Waals surface area contributed by atoms with E-state index < -0.39 is 0 Å². The van der Waals surface area contributed by atoms with E-state index in [1.165, 1.54) is 0 Å². The summed E-state index contributed by atoms with van der Waals surface area (Å²) in [5, 5.41) is 9.13. The molecule has 0 aliphatic heterocycles. The number of carbonyl (C=O) groups is 1. The van der Waals surface area contributed by atoms with Crippen LogP contribution in [0.15, 0.2) is 11.6 Å². The molecule has 0 saturated heterocycles. The Bertz CT molecular complexity index is 323. The van der Waals surface area contributed by atoms with Crippen molar-refractivity contribution >= 4 is 17.2 Å². The minimum absolute atomic E-state index is 0.0575. The van der Waals surface area contributed by atoms with Crippen LogP contribution in [0.1, 0.15) is 44.7 Å². The summed E-state index contributed by atoms with van der Waals surface area (Å²) in [6.45, 7) is 6.53. The molecule has 5 heteroatoms. The summed E-state index contributed by atoms with van der Waals surface area (Å²) < 4.78 is 0. The number of hydrogen-bond acceptors (Lipinski definition) is 4. The Hall–Kier alpha value is -0.940.